The molecule has 1 saturated carbocycles. The van der Waals surface area contributed by atoms with Crippen molar-refractivity contribution in [2.75, 3.05) is 0 Å². The molecular formula is C15H24N2O. The van der Waals surface area contributed by atoms with Crippen LogP contribution in [0.3, 0.4) is 0 Å². The monoisotopic (exact) mass is 248 g/mol. The van der Waals surface area contributed by atoms with Crippen LogP contribution in [0.4, 0.5) is 0 Å². The SMILES string of the molecule is CC(=O)c1c(C)nn(C2CC(C)CC(C)C2)c1C. The Morgan fingerprint density at radius 3 is 2.17 bits per heavy atom. The van der Waals surface area contributed by atoms with E-state index in [2.05, 4.69) is 23.6 Å². The van der Waals surface area contributed by atoms with E-state index < -0.39 is 0 Å². The van der Waals surface area contributed by atoms with Gasteiger partial charge in [-0.05, 0) is 51.9 Å². The molecule has 0 bridgehead atoms. The van der Waals surface area contributed by atoms with Crippen molar-refractivity contribution >= 4 is 5.78 Å². The van der Waals surface area contributed by atoms with Crippen molar-refractivity contribution in [2.45, 2.75) is 59.9 Å². The lowest BCUT2D eigenvalue weighted by molar-refractivity contribution is 0.101. The fraction of sp³-hybridized carbons (Fsp3) is 0.733. The molecule has 2 unspecified atom stereocenters. The predicted octanol–water partition coefficient (Wildman–Crippen LogP) is 3.70. The lowest BCUT2D eigenvalue weighted by atomic mass is 9.80. The normalized spacial score (nSPS) is 28.4. The van der Waals surface area contributed by atoms with Crippen molar-refractivity contribution in [2.24, 2.45) is 11.8 Å². The standard InChI is InChI=1S/C15H24N2O/c1-9-6-10(2)8-14(7-9)17-12(4)15(13(5)18)11(3)16-17/h9-10,14H,6-8H2,1-5H3. The van der Waals surface area contributed by atoms with Gasteiger partial charge in [-0.1, -0.05) is 13.8 Å². The highest BCUT2D eigenvalue weighted by Crippen LogP contribution is 2.36. The average Bonchev–Trinajstić information content (AvgIpc) is 2.52. The van der Waals surface area contributed by atoms with Crippen molar-refractivity contribution in [1.29, 1.82) is 0 Å². The third-order valence-electron chi connectivity index (χ3n) is 4.18. The van der Waals surface area contributed by atoms with Crippen LogP contribution in [-0.2, 0) is 0 Å². The second-order valence-corrected chi connectivity index (χ2v) is 6.12. The van der Waals surface area contributed by atoms with Gasteiger partial charge in [0.25, 0.3) is 0 Å². The van der Waals surface area contributed by atoms with Crippen molar-refractivity contribution in [1.82, 2.24) is 9.78 Å². The maximum absolute atomic E-state index is 11.7. The lowest BCUT2D eigenvalue weighted by Gasteiger charge is -2.32. The van der Waals surface area contributed by atoms with Crippen LogP contribution in [0.2, 0.25) is 0 Å². The average molecular weight is 248 g/mol. The third-order valence-corrected chi connectivity index (χ3v) is 4.18. The molecule has 1 aromatic rings. The zero-order chi connectivity index (χ0) is 13.4. The maximum Gasteiger partial charge on any atom is 0.163 e. The summed E-state index contributed by atoms with van der Waals surface area (Å²) < 4.78 is 2.11. The van der Waals surface area contributed by atoms with Gasteiger partial charge >= 0.3 is 0 Å². The van der Waals surface area contributed by atoms with E-state index >= 15 is 0 Å². The summed E-state index contributed by atoms with van der Waals surface area (Å²) in [5, 5.41) is 4.62. The van der Waals surface area contributed by atoms with Gasteiger partial charge in [-0.2, -0.15) is 5.10 Å². The summed E-state index contributed by atoms with van der Waals surface area (Å²) in [6, 6.07) is 0.468. The topological polar surface area (TPSA) is 34.9 Å². The van der Waals surface area contributed by atoms with E-state index in [0.717, 1.165) is 28.8 Å². The van der Waals surface area contributed by atoms with Crippen molar-refractivity contribution in [3.05, 3.63) is 17.0 Å². The summed E-state index contributed by atoms with van der Waals surface area (Å²) in [6.07, 6.45) is 3.68. The van der Waals surface area contributed by atoms with Crippen molar-refractivity contribution < 1.29 is 4.79 Å². The molecular weight excluding hydrogens is 224 g/mol. The van der Waals surface area contributed by atoms with Gasteiger partial charge in [0.2, 0.25) is 0 Å². The largest absolute Gasteiger partial charge is 0.294 e. The van der Waals surface area contributed by atoms with Gasteiger partial charge in [0.15, 0.2) is 5.78 Å². The van der Waals surface area contributed by atoms with Gasteiger partial charge in [0.1, 0.15) is 0 Å². The number of rotatable bonds is 2. The smallest absolute Gasteiger partial charge is 0.163 e. The van der Waals surface area contributed by atoms with Crippen LogP contribution in [0.1, 0.15) is 67.8 Å². The lowest BCUT2D eigenvalue weighted by Crippen LogP contribution is -2.24. The Bertz CT molecular complexity index is 451. The van der Waals surface area contributed by atoms with Crippen LogP contribution in [0.15, 0.2) is 0 Å². The van der Waals surface area contributed by atoms with Gasteiger partial charge in [-0.25, -0.2) is 0 Å². The van der Waals surface area contributed by atoms with E-state index in [1.165, 1.54) is 19.3 Å². The Balaban J connectivity index is 2.34. The Morgan fingerprint density at radius 1 is 1.17 bits per heavy atom. The van der Waals surface area contributed by atoms with E-state index in [4.69, 9.17) is 0 Å². The van der Waals surface area contributed by atoms with Crippen LogP contribution in [0, 0.1) is 25.7 Å². The minimum Gasteiger partial charge on any atom is -0.294 e. The number of Topliss-reactive ketones (excluding diaryl/α,β-unsaturated/α-hetero) is 1. The number of aromatic nitrogens is 2. The molecule has 0 N–H and O–H groups in total. The highest BCUT2D eigenvalue weighted by molar-refractivity contribution is 5.96. The number of carbonyl (C=O) groups is 1. The first-order valence-electron chi connectivity index (χ1n) is 6.96. The number of carbonyl (C=O) groups excluding carboxylic acids is 1. The number of nitrogens with zero attached hydrogens (tertiary/aromatic N) is 2. The maximum atomic E-state index is 11.7. The van der Waals surface area contributed by atoms with E-state index in [0.29, 0.717) is 6.04 Å². The van der Waals surface area contributed by atoms with Crippen LogP contribution < -0.4 is 0 Å². The minimum atomic E-state index is 0.133. The Labute approximate surface area is 110 Å². The van der Waals surface area contributed by atoms with Crippen LogP contribution in [-0.4, -0.2) is 15.6 Å². The van der Waals surface area contributed by atoms with Gasteiger partial charge in [-0.3, -0.25) is 9.48 Å². The molecule has 18 heavy (non-hydrogen) atoms. The second kappa shape index (κ2) is 4.87. The van der Waals surface area contributed by atoms with Gasteiger partial charge in [-0.15, -0.1) is 0 Å². The van der Waals surface area contributed by atoms with Crippen LogP contribution >= 0.6 is 0 Å². The fourth-order valence-electron chi connectivity index (χ4n) is 3.63. The molecule has 1 aromatic heterocycles. The first-order valence-corrected chi connectivity index (χ1v) is 6.96. The number of hydrogen-bond donors (Lipinski definition) is 0. The molecule has 0 radical (unpaired) electrons. The molecule has 0 spiro atoms. The molecule has 0 saturated heterocycles. The molecule has 1 aliphatic rings. The molecule has 3 heteroatoms. The number of ketones is 1. The quantitative estimate of drug-likeness (QED) is 0.748. The van der Waals surface area contributed by atoms with E-state index in [-0.39, 0.29) is 5.78 Å². The molecule has 0 aromatic carbocycles. The second-order valence-electron chi connectivity index (χ2n) is 6.12. The molecule has 1 fully saturated rings. The molecule has 3 nitrogen and oxygen atoms in total. The summed E-state index contributed by atoms with van der Waals surface area (Å²) in [5.74, 6) is 1.64. The summed E-state index contributed by atoms with van der Waals surface area (Å²) in [5.41, 5.74) is 2.75. The summed E-state index contributed by atoms with van der Waals surface area (Å²) in [6.45, 7) is 10.2. The van der Waals surface area contributed by atoms with Gasteiger partial charge in [0.05, 0.1) is 17.3 Å². The molecule has 0 aliphatic heterocycles. The zero-order valence-corrected chi connectivity index (χ0v) is 12.2. The minimum absolute atomic E-state index is 0.133. The molecule has 0 amide bonds. The predicted molar refractivity (Wildman–Crippen MR) is 72.9 cm³/mol. The van der Waals surface area contributed by atoms with E-state index in [1.807, 2.05) is 13.8 Å². The van der Waals surface area contributed by atoms with Gasteiger partial charge in [0, 0.05) is 5.69 Å². The number of hydrogen-bond acceptors (Lipinski definition) is 2. The highest BCUT2D eigenvalue weighted by Gasteiger charge is 2.28. The first-order chi connectivity index (χ1) is 8.40. The molecule has 100 valence electrons. The Kier molecular flexibility index (Phi) is 3.60. The van der Waals surface area contributed by atoms with Crippen LogP contribution in [0.25, 0.3) is 0 Å². The summed E-state index contributed by atoms with van der Waals surface area (Å²) >= 11 is 0. The molecule has 2 atom stereocenters. The highest BCUT2D eigenvalue weighted by atomic mass is 16.1. The fourth-order valence-corrected chi connectivity index (χ4v) is 3.63. The summed E-state index contributed by atoms with van der Waals surface area (Å²) in [7, 11) is 0. The zero-order valence-electron chi connectivity index (χ0n) is 12.2. The molecule has 2 rings (SSSR count). The first kappa shape index (κ1) is 13.3. The van der Waals surface area contributed by atoms with Crippen molar-refractivity contribution in [3.8, 4) is 0 Å². The Hall–Kier alpha value is -1.12. The number of aryl methyl sites for hydroxylation is 1. The summed E-state index contributed by atoms with van der Waals surface area (Å²) in [4.78, 5) is 11.7. The van der Waals surface area contributed by atoms with Gasteiger partial charge < -0.3 is 0 Å². The molecule has 1 heterocycles. The third kappa shape index (κ3) is 2.36. The van der Waals surface area contributed by atoms with Crippen molar-refractivity contribution in [3.63, 3.8) is 0 Å². The van der Waals surface area contributed by atoms with E-state index in [1.54, 1.807) is 6.92 Å². The van der Waals surface area contributed by atoms with E-state index in [9.17, 15) is 4.79 Å². The van der Waals surface area contributed by atoms with Crippen LogP contribution in [0.5, 0.6) is 0 Å². The molecule has 1 aliphatic carbocycles. The Morgan fingerprint density at radius 2 is 1.72 bits per heavy atom.